The molecule has 0 saturated carbocycles. The molecule has 35 heavy (non-hydrogen) atoms. The zero-order valence-electron chi connectivity index (χ0n) is 19.9. The lowest BCUT2D eigenvalue weighted by Gasteiger charge is -2.29. The third kappa shape index (κ3) is 2.97. The van der Waals surface area contributed by atoms with Gasteiger partial charge in [0.2, 0.25) is 6.79 Å². The van der Waals surface area contributed by atoms with Crippen LogP contribution in [0.15, 0.2) is 65.4 Å². The van der Waals surface area contributed by atoms with Gasteiger partial charge in [-0.05, 0) is 44.5 Å². The highest BCUT2D eigenvalue weighted by molar-refractivity contribution is 6.23. The van der Waals surface area contributed by atoms with Gasteiger partial charge in [0.25, 0.3) is 0 Å². The molecule has 0 fully saturated rings. The third-order valence-corrected chi connectivity index (χ3v) is 7.05. The molecule has 7 nitrogen and oxygen atoms in total. The van der Waals surface area contributed by atoms with Crippen molar-refractivity contribution >= 4 is 17.4 Å². The number of carbonyl (C=O) groups is 2. The number of nitrogens with one attached hydrogen (secondary N) is 1. The number of hydrogen-bond donors (Lipinski definition) is 1. The molecule has 1 N–H and O–H groups in total. The van der Waals surface area contributed by atoms with Crippen molar-refractivity contribution in [2.45, 2.75) is 26.7 Å². The smallest absolute Gasteiger partial charge is 0.336 e. The second-order valence-electron chi connectivity index (χ2n) is 8.95. The number of carbonyl (C=O) groups excluding carboxylic acids is 2. The van der Waals surface area contributed by atoms with Crippen LogP contribution in [0.1, 0.15) is 45.7 Å². The first-order valence-electron chi connectivity index (χ1n) is 11.4. The summed E-state index contributed by atoms with van der Waals surface area (Å²) in [6.45, 7) is 6.07. The van der Waals surface area contributed by atoms with Crippen molar-refractivity contribution in [3.63, 3.8) is 0 Å². The summed E-state index contributed by atoms with van der Waals surface area (Å²) in [4.78, 5) is 26.7. The SMILES string of the molecule is COC(=O)C1=C(C)NC2=C(C(=O)c3ccccc32)[C@@H]1c1cc(C)n(-c2ccc3c(c2)OCO3)c1C. The van der Waals surface area contributed by atoms with Crippen molar-refractivity contribution in [3.8, 4) is 17.2 Å². The van der Waals surface area contributed by atoms with Crippen molar-refractivity contribution in [2.75, 3.05) is 13.9 Å². The Labute approximate surface area is 202 Å². The van der Waals surface area contributed by atoms with Gasteiger partial charge in [-0.25, -0.2) is 4.79 Å². The predicted molar refractivity (Wildman–Crippen MR) is 130 cm³/mol. The van der Waals surface area contributed by atoms with Crippen molar-refractivity contribution in [1.82, 2.24) is 9.88 Å². The van der Waals surface area contributed by atoms with E-state index in [9.17, 15) is 9.59 Å². The normalized spacial score (nSPS) is 17.9. The van der Waals surface area contributed by atoms with E-state index in [1.807, 2.05) is 69.3 Å². The van der Waals surface area contributed by atoms with E-state index >= 15 is 0 Å². The lowest BCUT2D eigenvalue weighted by Crippen LogP contribution is -2.29. The molecule has 2 aromatic carbocycles. The number of hydrogen-bond acceptors (Lipinski definition) is 6. The fourth-order valence-corrected chi connectivity index (χ4v) is 5.52. The number of ether oxygens (including phenoxy) is 3. The van der Waals surface area contributed by atoms with Gasteiger partial charge in [0.05, 0.1) is 24.3 Å². The van der Waals surface area contributed by atoms with Crippen LogP contribution in [0.3, 0.4) is 0 Å². The van der Waals surface area contributed by atoms with E-state index in [2.05, 4.69) is 9.88 Å². The van der Waals surface area contributed by atoms with E-state index in [1.165, 1.54) is 7.11 Å². The van der Waals surface area contributed by atoms with Crippen LogP contribution in [0.2, 0.25) is 0 Å². The lowest BCUT2D eigenvalue weighted by molar-refractivity contribution is -0.136. The molecule has 2 aliphatic heterocycles. The Balaban J connectivity index is 1.56. The summed E-state index contributed by atoms with van der Waals surface area (Å²) in [5, 5.41) is 3.33. The second-order valence-corrected chi connectivity index (χ2v) is 8.95. The number of allylic oxidation sites excluding steroid dienone is 2. The minimum Gasteiger partial charge on any atom is -0.466 e. The molecule has 1 aromatic heterocycles. The van der Waals surface area contributed by atoms with Crippen molar-refractivity contribution in [2.24, 2.45) is 0 Å². The maximum absolute atomic E-state index is 13.7. The molecule has 0 bridgehead atoms. The van der Waals surface area contributed by atoms with Gasteiger partial charge in [-0.15, -0.1) is 0 Å². The minimum atomic E-state index is -0.562. The van der Waals surface area contributed by atoms with Crippen molar-refractivity contribution in [3.05, 3.63) is 93.5 Å². The number of ketones is 1. The first kappa shape index (κ1) is 21.3. The largest absolute Gasteiger partial charge is 0.466 e. The third-order valence-electron chi connectivity index (χ3n) is 7.05. The standard InChI is InChI=1S/C28H24N2O5/c1-14-11-20(16(3)30(14)17-9-10-21-22(12-17)35-13-34-21)24-23(28(32)33-4)15(2)29-26-18-7-5-6-8-19(18)27(31)25(24)26/h5-12,24,29H,13H2,1-4H3/t24-/m1/s1. The number of esters is 1. The van der Waals surface area contributed by atoms with Gasteiger partial charge in [-0.1, -0.05) is 24.3 Å². The number of dihydropyridines is 1. The maximum atomic E-state index is 13.7. The van der Waals surface area contributed by atoms with E-state index in [1.54, 1.807) is 0 Å². The summed E-state index contributed by atoms with van der Waals surface area (Å²) >= 11 is 0. The van der Waals surface area contributed by atoms with Crippen molar-refractivity contribution in [1.29, 1.82) is 0 Å². The molecule has 176 valence electrons. The molecule has 6 rings (SSSR count). The molecule has 0 radical (unpaired) electrons. The van der Waals surface area contributed by atoms with Gasteiger partial charge in [0.1, 0.15) is 0 Å². The number of aromatic nitrogens is 1. The van der Waals surface area contributed by atoms with Crippen LogP contribution in [0.4, 0.5) is 0 Å². The highest BCUT2D eigenvalue weighted by Crippen LogP contribution is 2.48. The average Bonchev–Trinajstić information content (AvgIpc) is 3.52. The van der Waals surface area contributed by atoms with E-state index < -0.39 is 11.9 Å². The maximum Gasteiger partial charge on any atom is 0.336 e. The minimum absolute atomic E-state index is 0.0742. The Hall–Kier alpha value is -4.26. The first-order chi connectivity index (χ1) is 16.9. The summed E-state index contributed by atoms with van der Waals surface area (Å²) in [6, 6.07) is 15.4. The van der Waals surface area contributed by atoms with Gasteiger partial charge in [-0.2, -0.15) is 0 Å². The van der Waals surface area contributed by atoms with Crippen molar-refractivity contribution < 1.29 is 23.8 Å². The molecule has 1 aliphatic carbocycles. The van der Waals surface area contributed by atoms with E-state index in [-0.39, 0.29) is 12.6 Å². The van der Waals surface area contributed by atoms with Crippen LogP contribution in [-0.2, 0) is 9.53 Å². The molecule has 0 spiro atoms. The fourth-order valence-electron chi connectivity index (χ4n) is 5.52. The molecule has 3 heterocycles. The number of nitrogens with zero attached hydrogens (tertiary/aromatic N) is 1. The van der Waals surface area contributed by atoms with Gasteiger partial charge in [0, 0.05) is 45.5 Å². The molecule has 0 unspecified atom stereocenters. The zero-order chi connectivity index (χ0) is 24.4. The van der Waals surface area contributed by atoms with Gasteiger partial charge >= 0.3 is 5.97 Å². The number of Topliss-reactive ketones (excluding diaryl/α,β-unsaturated/α-hetero) is 1. The summed E-state index contributed by atoms with van der Waals surface area (Å²) in [5.74, 6) is 0.312. The summed E-state index contributed by atoms with van der Waals surface area (Å²) in [6.07, 6.45) is 0. The summed E-state index contributed by atoms with van der Waals surface area (Å²) in [5.41, 5.74) is 7.65. The van der Waals surface area contributed by atoms with E-state index in [4.69, 9.17) is 14.2 Å². The van der Waals surface area contributed by atoms with Crippen LogP contribution in [0.5, 0.6) is 11.5 Å². The highest BCUT2D eigenvalue weighted by Gasteiger charge is 2.44. The molecule has 1 atom stereocenters. The number of methoxy groups -OCH3 is 1. The van der Waals surface area contributed by atoms with E-state index in [0.29, 0.717) is 33.9 Å². The second kappa shape index (κ2) is 7.63. The zero-order valence-corrected chi connectivity index (χ0v) is 19.9. The quantitative estimate of drug-likeness (QED) is 0.568. The van der Waals surface area contributed by atoms with Crippen LogP contribution in [0.25, 0.3) is 11.4 Å². The Morgan fingerprint density at radius 3 is 2.54 bits per heavy atom. The Bertz CT molecular complexity index is 1510. The van der Waals surface area contributed by atoms with Crippen LogP contribution >= 0.6 is 0 Å². The monoisotopic (exact) mass is 468 g/mol. The lowest BCUT2D eigenvalue weighted by atomic mass is 9.79. The summed E-state index contributed by atoms with van der Waals surface area (Å²) < 4.78 is 18.3. The highest BCUT2D eigenvalue weighted by atomic mass is 16.7. The predicted octanol–water partition coefficient (Wildman–Crippen LogP) is 4.56. The van der Waals surface area contributed by atoms with Gasteiger partial charge < -0.3 is 24.1 Å². The van der Waals surface area contributed by atoms with Crippen LogP contribution in [0, 0.1) is 13.8 Å². The molecule has 7 heteroatoms. The number of fused-ring (bicyclic) bond motifs is 3. The molecular formula is C28H24N2O5. The summed E-state index contributed by atoms with van der Waals surface area (Å²) in [7, 11) is 1.37. The average molecular weight is 469 g/mol. The number of aryl methyl sites for hydroxylation is 1. The van der Waals surface area contributed by atoms with Crippen LogP contribution in [-0.4, -0.2) is 30.2 Å². The Kier molecular flexibility index (Phi) is 4.64. The Morgan fingerprint density at radius 1 is 1.03 bits per heavy atom. The first-order valence-corrected chi connectivity index (χ1v) is 11.4. The van der Waals surface area contributed by atoms with Gasteiger partial charge in [0.15, 0.2) is 17.3 Å². The molecular weight excluding hydrogens is 444 g/mol. The topological polar surface area (TPSA) is 78.8 Å². The molecule has 0 amide bonds. The van der Waals surface area contributed by atoms with E-state index in [0.717, 1.165) is 33.9 Å². The molecule has 3 aliphatic rings. The fraction of sp³-hybridized carbons (Fsp3) is 0.214. The number of rotatable bonds is 3. The number of benzene rings is 2. The Morgan fingerprint density at radius 2 is 1.77 bits per heavy atom. The molecule has 0 saturated heterocycles. The van der Waals surface area contributed by atoms with Gasteiger partial charge in [-0.3, -0.25) is 4.79 Å². The molecule has 3 aromatic rings. The van der Waals surface area contributed by atoms with Crippen LogP contribution < -0.4 is 14.8 Å².